The van der Waals surface area contributed by atoms with Crippen LogP contribution in [0, 0.1) is 28.6 Å². The first-order chi connectivity index (χ1) is 11.5. The molecule has 0 heterocycles. The Labute approximate surface area is 146 Å². The highest BCUT2D eigenvalue weighted by Gasteiger charge is 2.52. The topological polar surface area (TPSA) is 80.9 Å². The zero-order valence-electron chi connectivity index (χ0n) is 15.4. The summed E-state index contributed by atoms with van der Waals surface area (Å²) in [5.74, 6) is 1.24. The Balaban J connectivity index is 2.22. The summed E-state index contributed by atoms with van der Waals surface area (Å²) in [6.45, 7) is 4.94. The van der Waals surface area contributed by atoms with E-state index >= 15 is 0 Å². The fraction of sp³-hybridized carbons (Fsp3) is 0.900. The molecular formula is C20H36O4. The monoisotopic (exact) mass is 340 g/mol. The van der Waals surface area contributed by atoms with Crippen LogP contribution in [0.15, 0.2) is 11.6 Å². The standard InChI is InChI=1S/C20H36O4/c1-15-4-7-18-19(2,9-3-10-20(18,13-23)14-24)17(15)6-5-16(12-22)8-11-21/h7,15-17,21-24H,3-6,8-14H2,1-2H3/t15-,16?,17?,19+/m0/s1. The van der Waals surface area contributed by atoms with E-state index in [2.05, 4.69) is 19.9 Å². The van der Waals surface area contributed by atoms with E-state index in [1.165, 1.54) is 5.57 Å². The van der Waals surface area contributed by atoms with Gasteiger partial charge >= 0.3 is 0 Å². The van der Waals surface area contributed by atoms with E-state index in [4.69, 9.17) is 5.11 Å². The molecule has 0 spiro atoms. The Morgan fingerprint density at radius 1 is 1.12 bits per heavy atom. The van der Waals surface area contributed by atoms with Gasteiger partial charge < -0.3 is 20.4 Å². The van der Waals surface area contributed by atoms with Gasteiger partial charge in [0.15, 0.2) is 0 Å². The molecule has 140 valence electrons. The van der Waals surface area contributed by atoms with Crippen molar-refractivity contribution in [3.05, 3.63) is 11.6 Å². The molecule has 2 rings (SSSR count). The average molecular weight is 341 g/mol. The van der Waals surface area contributed by atoms with Crippen LogP contribution in [0.2, 0.25) is 0 Å². The maximum Gasteiger partial charge on any atom is 0.0547 e. The molecular weight excluding hydrogens is 304 g/mol. The maximum atomic E-state index is 10.0. The van der Waals surface area contributed by atoms with E-state index in [-0.39, 0.29) is 37.8 Å². The first kappa shape index (κ1) is 19.9. The lowest BCUT2D eigenvalue weighted by Gasteiger charge is -2.55. The van der Waals surface area contributed by atoms with Crippen LogP contribution in [0.25, 0.3) is 0 Å². The molecule has 0 radical (unpaired) electrons. The molecule has 1 saturated carbocycles. The van der Waals surface area contributed by atoms with Crippen LogP contribution in [0.3, 0.4) is 0 Å². The van der Waals surface area contributed by atoms with Gasteiger partial charge in [-0.2, -0.15) is 0 Å². The van der Waals surface area contributed by atoms with Crippen LogP contribution < -0.4 is 0 Å². The molecule has 0 amide bonds. The van der Waals surface area contributed by atoms with Gasteiger partial charge in [0.25, 0.3) is 0 Å². The van der Waals surface area contributed by atoms with Gasteiger partial charge in [0.05, 0.1) is 13.2 Å². The van der Waals surface area contributed by atoms with Crippen LogP contribution in [0.1, 0.15) is 58.8 Å². The summed E-state index contributed by atoms with van der Waals surface area (Å²) in [5, 5.41) is 38.7. The van der Waals surface area contributed by atoms with Gasteiger partial charge in [-0.25, -0.2) is 0 Å². The maximum absolute atomic E-state index is 10.0. The van der Waals surface area contributed by atoms with Crippen molar-refractivity contribution in [1.29, 1.82) is 0 Å². The van der Waals surface area contributed by atoms with Gasteiger partial charge in [-0.1, -0.05) is 31.9 Å². The Morgan fingerprint density at radius 2 is 1.83 bits per heavy atom. The minimum Gasteiger partial charge on any atom is -0.396 e. The normalized spacial score (nSPS) is 33.7. The molecule has 2 unspecified atom stereocenters. The second kappa shape index (κ2) is 8.31. The lowest BCUT2D eigenvalue weighted by Crippen LogP contribution is -2.49. The van der Waals surface area contributed by atoms with E-state index < -0.39 is 5.41 Å². The van der Waals surface area contributed by atoms with Gasteiger partial charge in [0.2, 0.25) is 0 Å². The zero-order valence-corrected chi connectivity index (χ0v) is 15.4. The number of hydrogen-bond donors (Lipinski definition) is 4. The van der Waals surface area contributed by atoms with Crippen LogP contribution in [0.5, 0.6) is 0 Å². The predicted molar refractivity (Wildman–Crippen MR) is 95.4 cm³/mol. The number of allylic oxidation sites excluding steroid dienone is 1. The third-order valence-electron chi connectivity index (χ3n) is 7.02. The molecule has 0 aromatic rings. The molecule has 2 aliphatic carbocycles. The highest BCUT2D eigenvalue weighted by Crippen LogP contribution is 2.59. The highest BCUT2D eigenvalue weighted by molar-refractivity contribution is 5.29. The third kappa shape index (κ3) is 3.57. The summed E-state index contributed by atoms with van der Waals surface area (Å²) >= 11 is 0. The number of aliphatic hydroxyl groups is 4. The molecule has 0 aromatic heterocycles. The fourth-order valence-corrected chi connectivity index (χ4v) is 5.51. The summed E-state index contributed by atoms with van der Waals surface area (Å²) < 4.78 is 0. The van der Waals surface area contributed by atoms with Crippen LogP contribution >= 0.6 is 0 Å². The number of rotatable bonds is 8. The van der Waals surface area contributed by atoms with Crippen molar-refractivity contribution >= 4 is 0 Å². The SMILES string of the molecule is C[C@H]1CC=C2C(CO)(CO)CCC[C@]2(C)C1CCC(CO)CCO. The van der Waals surface area contributed by atoms with Crippen molar-refractivity contribution in [2.75, 3.05) is 26.4 Å². The van der Waals surface area contributed by atoms with Gasteiger partial charge in [-0.3, -0.25) is 0 Å². The second-order valence-corrected chi connectivity index (χ2v) is 8.44. The Kier molecular flexibility index (Phi) is 6.89. The molecule has 0 aliphatic heterocycles. The molecule has 0 bridgehead atoms. The minimum absolute atomic E-state index is 0.0236. The summed E-state index contributed by atoms with van der Waals surface area (Å²) in [4.78, 5) is 0. The van der Waals surface area contributed by atoms with Gasteiger partial charge in [-0.05, 0) is 61.7 Å². The molecule has 1 fully saturated rings. The molecule has 2 aliphatic rings. The van der Waals surface area contributed by atoms with E-state index in [0.717, 1.165) is 38.5 Å². The molecule has 4 N–H and O–H groups in total. The van der Waals surface area contributed by atoms with E-state index in [1.54, 1.807) is 0 Å². The second-order valence-electron chi connectivity index (χ2n) is 8.44. The lowest BCUT2D eigenvalue weighted by molar-refractivity contribution is -0.00499. The minimum atomic E-state index is -0.452. The fourth-order valence-electron chi connectivity index (χ4n) is 5.51. The average Bonchev–Trinajstić information content (AvgIpc) is 2.58. The van der Waals surface area contributed by atoms with Gasteiger partial charge in [0, 0.05) is 18.6 Å². The van der Waals surface area contributed by atoms with Gasteiger partial charge in [-0.15, -0.1) is 0 Å². The van der Waals surface area contributed by atoms with Crippen molar-refractivity contribution in [2.24, 2.45) is 28.6 Å². The van der Waals surface area contributed by atoms with Crippen LogP contribution in [0.4, 0.5) is 0 Å². The van der Waals surface area contributed by atoms with Crippen LogP contribution in [-0.4, -0.2) is 46.9 Å². The summed E-state index contributed by atoms with van der Waals surface area (Å²) in [6, 6.07) is 0. The molecule has 0 saturated heterocycles. The summed E-state index contributed by atoms with van der Waals surface area (Å²) in [5.41, 5.74) is 0.852. The van der Waals surface area contributed by atoms with E-state index in [0.29, 0.717) is 18.3 Å². The zero-order chi connectivity index (χ0) is 17.8. The number of hydrogen-bond acceptors (Lipinski definition) is 4. The molecule has 4 heteroatoms. The summed E-state index contributed by atoms with van der Waals surface area (Å²) in [6.07, 6.45) is 8.94. The van der Waals surface area contributed by atoms with Crippen molar-refractivity contribution < 1.29 is 20.4 Å². The lowest BCUT2D eigenvalue weighted by atomic mass is 9.50. The Hall–Kier alpha value is -0.420. The summed E-state index contributed by atoms with van der Waals surface area (Å²) in [7, 11) is 0. The van der Waals surface area contributed by atoms with Crippen molar-refractivity contribution in [1.82, 2.24) is 0 Å². The number of fused-ring (bicyclic) bond motifs is 1. The van der Waals surface area contributed by atoms with E-state index in [1.807, 2.05) is 0 Å². The quantitative estimate of drug-likeness (QED) is 0.512. The Bertz CT molecular complexity index is 429. The van der Waals surface area contributed by atoms with Crippen molar-refractivity contribution in [3.63, 3.8) is 0 Å². The highest BCUT2D eigenvalue weighted by atomic mass is 16.3. The first-order valence-electron chi connectivity index (χ1n) is 9.62. The van der Waals surface area contributed by atoms with Gasteiger partial charge in [0.1, 0.15) is 0 Å². The molecule has 4 atom stereocenters. The van der Waals surface area contributed by atoms with Crippen molar-refractivity contribution in [3.8, 4) is 0 Å². The third-order valence-corrected chi connectivity index (χ3v) is 7.02. The van der Waals surface area contributed by atoms with E-state index in [9.17, 15) is 15.3 Å². The largest absolute Gasteiger partial charge is 0.396 e. The first-order valence-corrected chi connectivity index (χ1v) is 9.62. The Morgan fingerprint density at radius 3 is 2.42 bits per heavy atom. The smallest absolute Gasteiger partial charge is 0.0547 e. The van der Waals surface area contributed by atoms with Crippen LogP contribution in [-0.2, 0) is 0 Å². The molecule has 24 heavy (non-hydrogen) atoms. The number of aliphatic hydroxyl groups excluding tert-OH is 4. The van der Waals surface area contributed by atoms with Crippen molar-refractivity contribution in [2.45, 2.75) is 58.8 Å². The molecule has 4 nitrogen and oxygen atoms in total. The predicted octanol–water partition coefficient (Wildman–Crippen LogP) is 2.50. The molecule has 0 aromatic carbocycles.